The van der Waals surface area contributed by atoms with Gasteiger partial charge in [0.15, 0.2) is 12.3 Å². The van der Waals surface area contributed by atoms with Crippen molar-refractivity contribution in [3.05, 3.63) is 83.5 Å². The smallest absolute Gasteiger partial charge is 0.462 e. The first kappa shape index (κ1) is 58.5. The molecule has 0 bridgehead atoms. The Morgan fingerprint density at radius 2 is 1.48 bits per heavy atom. The van der Waals surface area contributed by atoms with Crippen molar-refractivity contribution in [1.29, 1.82) is 0 Å². The molecule has 0 aliphatic carbocycles. The molecule has 0 aromatic carbocycles. The number of carbonyl (C=O) groups excluding carboxylic acids is 2. The standard InChI is InChI=1S/C45H73N3O16P2/c1-4-5-26-36(49)27-22-18-14-10-8-6-7-9-11-15-19-23-28-40(50)59-32-37(62-41(51)29-24-20-16-12-13-17-21-25-35(2)3)33-60-65(55,56)64-66(57,58)61-34-38-42(52)43(53)44(63-38)48-31-30-39(46)47-45(48)54/h5-7,10-11,14-15,18,22,26,30-31,35-38,42-44,49,52-53H,4,8-9,12-13,16-17,19-21,23-25,27-29,32-34H2,1-3H3,(H,55,56)(H,57,58)(H2,46,47,54)/b7-6-,14-10-,15-11-,22-18+,26-5-/t36?,37-,38-,42-,43-,44-/m1/s1. The molecule has 21 heteroatoms. The molecule has 1 aliphatic heterocycles. The second-order valence-electron chi connectivity index (χ2n) is 16.2. The van der Waals surface area contributed by atoms with E-state index in [1.165, 1.54) is 18.9 Å². The minimum atomic E-state index is -5.44. The number of hydrogen-bond donors (Lipinski definition) is 6. The SMILES string of the molecule is CC/C=C\C(O)C/C=C/C=C\C/C=C\C/C=C\CCCC(=O)OC[C@H](COP(=O)(O)OP(=O)(O)OC[C@H]1O[C@@H](n2ccc(N)nc2=O)[C@H](O)[C@@H]1O)OC(=O)CCCCCCCCCC(C)C. The summed E-state index contributed by atoms with van der Waals surface area (Å²) in [5.74, 6) is -0.727. The van der Waals surface area contributed by atoms with Crippen molar-refractivity contribution in [2.45, 2.75) is 160 Å². The molecule has 7 N–H and O–H groups in total. The molecule has 66 heavy (non-hydrogen) atoms. The highest BCUT2D eigenvalue weighted by Gasteiger charge is 2.46. The van der Waals surface area contributed by atoms with Crippen LogP contribution in [0.5, 0.6) is 0 Å². The van der Waals surface area contributed by atoms with E-state index >= 15 is 0 Å². The Hall–Kier alpha value is -3.58. The van der Waals surface area contributed by atoms with Crippen LogP contribution < -0.4 is 11.4 Å². The molecule has 1 saturated heterocycles. The molecule has 8 atom stereocenters. The Balaban J connectivity index is 1.85. The number of phosphoric acid groups is 2. The largest absolute Gasteiger partial charge is 0.481 e. The number of rotatable bonds is 35. The quantitative estimate of drug-likeness (QED) is 0.0129. The third-order valence-corrected chi connectivity index (χ3v) is 12.5. The van der Waals surface area contributed by atoms with Gasteiger partial charge in [-0.15, -0.1) is 0 Å². The Morgan fingerprint density at radius 3 is 2.18 bits per heavy atom. The van der Waals surface area contributed by atoms with Crippen LogP contribution in [0.1, 0.15) is 130 Å². The fraction of sp³-hybridized carbons (Fsp3) is 0.644. The first-order valence-corrected chi connectivity index (χ1v) is 25.8. The number of unbranched alkanes of at least 4 members (excludes halogenated alkanes) is 7. The molecular weight excluding hydrogens is 900 g/mol. The van der Waals surface area contributed by atoms with E-state index in [0.717, 1.165) is 55.7 Å². The summed E-state index contributed by atoms with van der Waals surface area (Å²) < 4.78 is 56.4. The minimum Gasteiger partial charge on any atom is -0.462 e. The molecule has 1 aliphatic rings. The first-order valence-electron chi connectivity index (χ1n) is 22.8. The number of phosphoric ester groups is 2. The molecule has 1 aromatic heterocycles. The summed E-state index contributed by atoms with van der Waals surface area (Å²) in [5.41, 5.74) is 4.56. The number of hydrogen-bond acceptors (Lipinski definition) is 16. The molecule has 374 valence electrons. The van der Waals surface area contributed by atoms with Crippen molar-refractivity contribution in [3.63, 3.8) is 0 Å². The van der Waals surface area contributed by atoms with Crippen molar-refractivity contribution < 1.29 is 71.4 Å². The average Bonchev–Trinajstić information content (AvgIpc) is 3.53. The van der Waals surface area contributed by atoms with Gasteiger partial charge in [0.05, 0.1) is 19.3 Å². The van der Waals surface area contributed by atoms with Crippen LogP contribution in [0.4, 0.5) is 5.82 Å². The van der Waals surface area contributed by atoms with Crippen LogP contribution in [-0.4, -0.2) is 96.9 Å². The number of aliphatic hydroxyl groups excluding tert-OH is 3. The number of allylic oxidation sites excluding steroid dienone is 8. The molecule has 0 spiro atoms. The van der Waals surface area contributed by atoms with E-state index in [-0.39, 0.29) is 18.7 Å². The third kappa shape index (κ3) is 26.7. The van der Waals surface area contributed by atoms with Crippen molar-refractivity contribution in [3.8, 4) is 0 Å². The van der Waals surface area contributed by atoms with Gasteiger partial charge in [0, 0.05) is 19.0 Å². The molecule has 0 amide bonds. The predicted molar refractivity (Wildman–Crippen MR) is 248 cm³/mol. The van der Waals surface area contributed by atoms with E-state index in [2.05, 4.69) is 23.1 Å². The molecule has 0 saturated carbocycles. The highest BCUT2D eigenvalue weighted by Crippen LogP contribution is 2.60. The summed E-state index contributed by atoms with van der Waals surface area (Å²) in [4.78, 5) is 61.6. The van der Waals surface area contributed by atoms with E-state index in [1.807, 2.05) is 61.6 Å². The van der Waals surface area contributed by atoms with Crippen LogP contribution in [0.15, 0.2) is 77.8 Å². The van der Waals surface area contributed by atoms with Crippen LogP contribution in [-0.2, 0) is 46.3 Å². The van der Waals surface area contributed by atoms with Gasteiger partial charge in [-0.3, -0.25) is 23.2 Å². The highest BCUT2D eigenvalue weighted by atomic mass is 31.3. The number of anilines is 1. The van der Waals surface area contributed by atoms with Crippen molar-refractivity contribution >= 4 is 33.4 Å². The molecule has 0 radical (unpaired) electrons. The number of esters is 2. The number of aliphatic hydroxyl groups is 3. The summed E-state index contributed by atoms with van der Waals surface area (Å²) in [6, 6.07) is 1.24. The number of ether oxygens (including phenoxy) is 3. The maximum absolute atomic E-state index is 12.8. The van der Waals surface area contributed by atoms with Crippen molar-refractivity contribution in [2.24, 2.45) is 5.92 Å². The molecular formula is C45H73N3O16P2. The number of nitrogens with zero attached hydrogens (tertiary/aromatic N) is 2. The molecule has 2 heterocycles. The van der Waals surface area contributed by atoms with Gasteiger partial charge in [-0.05, 0) is 56.9 Å². The third-order valence-electron chi connectivity index (χ3n) is 9.87. The second kappa shape index (κ2) is 33.0. The first-order chi connectivity index (χ1) is 31.4. The summed E-state index contributed by atoms with van der Waals surface area (Å²) in [7, 11) is -10.9. The lowest BCUT2D eigenvalue weighted by molar-refractivity contribution is -0.161. The topological polar surface area (TPSA) is 286 Å². The normalized spacial score (nSPS) is 20.8. The zero-order valence-corrected chi connectivity index (χ0v) is 40.3. The van der Waals surface area contributed by atoms with E-state index in [9.17, 15) is 48.6 Å². The molecule has 3 unspecified atom stereocenters. The number of nitrogen functional groups attached to an aromatic ring is 1. The van der Waals surface area contributed by atoms with Gasteiger partial charge in [-0.25, -0.2) is 13.9 Å². The summed E-state index contributed by atoms with van der Waals surface area (Å²) >= 11 is 0. The van der Waals surface area contributed by atoms with E-state index in [4.69, 9.17) is 29.0 Å². The van der Waals surface area contributed by atoms with Gasteiger partial charge in [0.1, 0.15) is 30.7 Å². The zero-order valence-electron chi connectivity index (χ0n) is 38.5. The lowest BCUT2D eigenvalue weighted by Crippen LogP contribution is -2.36. The summed E-state index contributed by atoms with van der Waals surface area (Å²) in [6.45, 7) is 4.03. The molecule has 19 nitrogen and oxygen atoms in total. The predicted octanol–water partition coefficient (Wildman–Crippen LogP) is 7.21. The van der Waals surface area contributed by atoms with E-state index < -0.39 is 89.8 Å². The Kier molecular flexibility index (Phi) is 29.3. The van der Waals surface area contributed by atoms with Gasteiger partial charge in [0.2, 0.25) is 0 Å². The molecule has 2 rings (SSSR count). The number of aromatic nitrogens is 2. The van der Waals surface area contributed by atoms with Gasteiger partial charge in [-0.1, -0.05) is 126 Å². The fourth-order valence-corrected chi connectivity index (χ4v) is 8.43. The Morgan fingerprint density at radius 1 is 0.848 bits per heavy atom. The highest BCUT2D eigenvalue weighted by molar-refractivity contribution is 7.61. The fourth-order valence-electron chi connectivity index (χ4n) is 6.32. The van der Waals surface area contributed by atoms with Crippen LogP contribution in [0.3, 0.4) is 0 Å². The van der Waals surface area contributed by atoms with Gasteiger partial charge in [0.25, 0.3) is 0 Å². The van der Waals surface area contributed by atoms with Crippen LogP contribution in [0.25, 0.3) is 0 Å². The maximum Gasteiger partial charge on any atom is 0.481 e. The summed E-state index contributed by atoms with van der Waals surface area (Å²) in [5, 5.41) is 30.6. The summed E-state index contributed by atoms with van der Waals surface area (Å²) in [6.07, 6.45) is 24.2. The van der Waals surface area contributed by atoms with E-state index in [1.54, 1.807) is 6.08 Å². The van der Waals surface area contributed by atoms with E-state index in [0.29, 0.717) is 38.0 Å². The monoisotopic (exact) mass is 973 g/mol. The van der Waals surface area contributed by atoms with Gasteiger partial charge in [-0.2, -0.15) is 9.29 Å². The van der Waals surface area contributed by atoms with Gasteiger partial charge >= 0.3 is 33.3 Å². The van der Waals surface area contributed by atoms with Crippen molar-refractivity contribution in [1.82, 2.24) is 9.55 Å². The Labute approximate surface area is 388 Å². The lowest BCUT2D eigenvalue weighted by Gasteiger charge is -2.21. The van der Waals surface area contributed by atoms with Crippen molar-refractivity contribution in [2.75, 3.05) is 25.6 Å². The second-order valence-corrected chi connectivity index (χ2v) is 19.2. The van der Waals surface area contributed by atoms with Crippen LogP contribution >= 0.6 is 15.6 Å². The number of carbonyl (C=O) groups is 2. The van der Waals surface area contributed by atoms with Crippen LogP contribution in [0, 0.1) is 5.92 Å². The Bertz CT molecular complexity index is 1870. The lowest BCUT2D eigenvalue weighted by atomic mass is 10.0. The molecule has 1 fully saturated rings. The number of nitrogens with two attached hydrogens (primary N) is 1. The van der Waals surface area contributed by atoms with Gasteiger partial charge < -0.3 is 45.1 Å². The average molecular weight is 974 g/mol. The van der Waals surface area contributed by atoms with Crippen LogP contribution in [0.2, 0.25) is 0 Å². The molecule has 1 aromatic rings. The maximum atomic E-state index is 12.8. The zero-order chi connectivity index (χ0) is 48.8. The minimum absolute atomic E-state index is 0.0254.